The molecule has 9 nitrogen and oxygen atoms in total. The number of nitrogens with one attached hydrogen (secondary N) is 3. The van der Waals surface area contributed by atoms with Gasteiger partial charge in [0.2, 0.25) is 5.82 Å². The normalized spacial score (nSPS) is 13.3. The largest absolute Gasteiger partial charge is 0.339 e. The lowest BCUT2D eigenvalue weighted by atomic mass is 9.96. The molecule has 0 saturated heterocycles. The van der Waals surface area contributed by atoms with Gasteiger partial charge in [0.1, 0.15) is 5.82 Å². The maximum absolute atomic E-state index is 11.9. The van der Waals surface area contributed by atoms with Crippen LogP contribution in [0.2, 0.25) is 0 Å². The van der Waals surface area contributed by atoms with Gasteiger partial charge in [0.25, 0.3) is 5.91 Å². The van der Waals surface area contributed by atoms with Crippen LogP contribution >= 0.6 is 0 Å². The molecule has 102 valence electrons. The van der Waals surface area contributed by atoms with Crippen molar-refractivity contribution in [2.45, 2.75) is 39.2 Å². The first-order chi connectivity index (χ1) is 8.88. The van der Waals surface area contributed by atoms with E-state index in [1.807, 2.05) is 20.8 Å². The predicted octanol–water partition coefficient (Wildman–Crippen LogP) is 0.106. The smallest absolute Gasteiger partial charge is 0.291 e. The number of nitrogens with zero attached hydrogens (tertiary/aromatic N) is 5. The van der Waals surface area contributed by atoms with Crippen molar-refractivity contribution < 1.29 is 4.79 Å². The molecule has 1 unspecified atom stereocenters. The zero-order valence-corrected chi connectivity index (χ0v) is 11.2. The summed E-state index contributed by atoms with van der Waals surface area (Å²) >= 11 is 0. The Labute approximate surface area is 109 Å². The number of amides is 1. The molecule has 0 aliphatic heterocycles. The van der Waals surface area contributed by atoms with E-state index in [0.717, 1.165) is 0 Å². The molecule has 0 radical (unpaired) electrons. The lowest BCUT2D eigenvalue weighted by molar-refractivity contribution is 0.0928. The van der Waals surface area contributed by atoms with Gasteiger partial charge < -0.3 is 5.32 Å². The summed E-state index contributed by atoms with van der Waals surface area (Å²) in [6.07, 6.45) is 0. The number of hydrogen-bond acceptors (Lipinski definition) is 6. The zero-order chi connectivity index (χ0) is 14.0. The average molecular weight is 264 g/mol. The monoisotopic (exact) mass is 264 g/mol. The van der Waals surface area contributed by atoms with E-state index in [1.54, 1.807) is 6.92 Å². The molecule has 1 amide bonds. The molecule has 0 aliphatic rings. The van der Waals surface area contributed by atoms with E-state index in [4.69, 9.17) is 0 Å². The fraction of sp³-hybridized carbons (Fsp3) is 0.600. The fourth-order valence-electron chi connectivity index (χ4n) is 1.38. The molecule has 0 saturated carbocycles. The van der Waals surface area contributed by atoms with Crippen molar-refractivity contribution in [3.8, 4) is 0 Å². The number of aromatic amines is 2. The second-order valence-electron chi connectivity index (χ2n) is 5.22. The first-order valence-electron chi connectivity index (χ1n) is 5.85. The maximum atomic E-state index is 11.9. The van der Waals surface area contributed by atoms with E-state index in [-0.39, 0.29) is 23.2 Å². The van der Waals surface area contributed by atoms with Crippen LogP contribution in [0.25, 0.3) is 0 Å². The van der Waals surface area contributed by atoms with Gasteiger partial charge in [-0.3, -0.25) is 9.89 Å². The third-order valence-corrected chi connectivity index (χ3v) is 2.50. The molecular weight excluding hydrogens is 248 g/mol. The van der Waals surface area contributed by atoms with Gasteiger partial charge in [-0.15, -0.1) is 15.3 Å². The Bertz CT molecular complexity index is 552. The van der Waals surface area contributed by atoms with Crippen LogP contribution in [0, 0.1) is 0 Å². The van der Waals surface area contributed by atoms with Crippen LogP contribution in [-0.2, 0) is 5.41 Å². The molecule has 0 aromatic carbocycles. The van der Waals surface area contributed by atoms with E-state index in [9.17, 15) is 4.79 Å². The number of rotatable bonds is 3. The lowest BCUT2D eigenvalue weighted by Crippen LogP contribution is -2.28. The van der Waals surface area contributed by atoms with Gasteiger partial charge in [-0.2, -0.15) is 5.21 Å². The SMILES string of the molecule is CC(NC(=O)c1n[nH]c(C(C)(C)C)n1)c1nn[nH]n1. The van der Waals surface area contributed by atoms with E-state index in [1.165, 1.54) is 0 Å². The molecule has 19 heavy (non-hydrogen) atoms. The van der Waals surface area contributed by atoms with Crippen LogP contribution < -0.4 is 5.32 Å². The summed E-state index contributed by atoms with van der Waals surface area (Å²) in [5, 5.41) is 22.7. The van der Waals surface area contributed by atoms with Crippen LogP contribution in [0.4, 0.5) is 0 Å². The first kappa shape index (κ1) is 13.1. The Morgan fingerprint density at radius 3 is 2.58 bits per heavy atom. The standard InChI is InChI=1S/C10H16N8O/c1-5(6-14-17-18-15-6)11-8(19)7-12-9(16-13-7)10(2,3)4/h5H,1-4H3,(H,11,19)(H,12,13,16)(H,14,15,17,18). The number of carbonyl (C=O) groups excluding carboxylic acids is 1. The van der Waals surface area contributed by atoms with Crippen LogP contribution in [0.1, 0.15) is 56.0 Å². The first-order valence-corrected chi connectivity index (χ1v) is 5.85. The molecular formula is C10H16N8O. The van der Waals surface area contributed by atoms with Crippen LogP contribution in [0.5, 0.6) is 0 Å². The van der Waals surface area contributed by atoms with Crippen molar-refractivity contribution in [3.05, 3.63) is 17.5 Å². The molecule has 2 heterocycles. The van der Waals surface area contributed by atoms with Crippen molar-refractivity contribution in [1.29, 1.82) is 0 Å². The molecule has 0 bridgehead atoms. The van der Waals surface area contributed by atoms with Gasteiger partial charge >= 0.3 is 0 Å². The minimum absolute atomic E-state index is 0.0975. The molecule has 3 N–H and O–H groups in total. The minimum Gasteiger partial charge on any atom is -0.339 e. The highest BCUT2D eigenvalue weighted by Crippen LogP contribution is 2.17. The van der Waals surface area contributed by atoms with E-state index in [2.05, 4.69) is 41.1 Å². The molecule has 2 aromatic heterocycles. The van der Waals surface area contributed by atoms with Crippen LogP contribution in [-0.4, -0.2) is 41.7 Å². The third kappa shape index (κ3) is 2.92. The van der Waals surface area contributed by atoms with Gasteiger partial charge in [0.05, 0.1) is 6.04 Å². The molecule has 2 aromatic rings. The molecule has 9 heteroatoms. The van der Waals surface area contributed by atoms with Gasteiger partial charge in [-0.25, -0.2) is 4.98 Å². The maximum Gasteiger partial charge on any atom is 0.291 e. The number of H-pyrrole nitrogens is 2. The highest BCUT2D eigenvalue weighted by molar-refractivity contribution is 5.90. The van der Waals surface area contributed by atoms with E-state index >= 15 is 0 Å². The van der Waals surface area contributed by atoms with Gasteiger partial charge in [0, 0.05) is 5.41 Å². The second-order valence-corrected chi connectivity index (χ2v) is 5.22. The summed E-state index contributed by atoms with van der Waals surface area (Å²) < 4.78 is 0. The van der Waals surface area contributed by atoms with E-state index in [0.29, 0.717) is 11.6 Å². The van der Waals surface area contributed by atoms with E-state index < -0.39 is 0 Å². The topological polar surface area (TPSA) is 125 Å². The Hall–Kier alpha value is -2.32. The fourth-order valence-corrected chi connectivity index (χ4v) is 1.38. The Morgan fingerprint density at radius 1 is 1.32 bits per heavy atom. The summed E-state index contributed by atoms with van der Waals surface area (Å²) in [5.74, 6) is 0.772. The van der Waals surface area contributed by atoms with Crippen LogP contribution in [0.3, 0.4) is 0 Å². The average Bonchev–Trinajstić information content (AvgIpc) is 3.00. The summed E-state index contributed by atoms with van der Waals surface area (Å²) in [6.45, 7) is 7.70. The highest BCUT2D eigenvalue weighted by atomic mass is 16.2. The predicted molar refractivity (Wildman–Crippen MR) is 65.1 cm³/mol. The van der Waals surface area contributed by atoms with Crippen molar-refractivity contribution in [2.75, 3.05) is 0 Å². The number of carbonyl (C=O) groups is 1. The number of hydrogen-bond donors (Lipinski definition) is 3. The summed E-state index contributed by atoms with van der Waals surface area (Å²) in [7, 11) is 0. The Morgan fingerprint density at radius 2 is 2.05 bits per heavy atom. The molecule has 0 spiro atoms. The quantitative estimate of drug-likeness (QED) is 0.722. The summed E-state index contributed by atoms with van der Waals surface area (Å²) in [4.78, 5) is 16.1. The molecule has 0 aliphatic carbocycles. The lowest BCUT2D eigenvalue weighted by Gasteiger charge is -2.12. The Kier molecular flexibility index (Phi) is 3.28. The van der Waals surface area contributed by atoms with Crippen molar-refractivity contribution in [2.24, 2.45) is 0 Å². The summed E-state index contributed by atoms with van der Waals surface area (Å²) in [5.41, 5.74) is -0.190. The van der Waals surface area contributed by atoms with Crippen molar-refractivity contribution in [3.63, 3.8) is 0 Å². The van der Waals surface area contributed by atoms with Crippen molar-refractivity contribution in [1.82, 2.24) is 41.1 Å². The molecule has 0 fully saturated rings. The Balaban J connectivity index is 2.06. The number of aromatic nitrogens is 7. The van der Waals surface area contributed by atoms with Crippen LogP contribution in [0.15, 0.2) is 0 Å². The van der Waals surface area contributed by atoms with Gasteiger partial charge in [0.15, 0.2) is 5.82 Å². The second kappa shape index (κ2) is 4.75. The van der Waals surface area contributed by atoms with Gasteiger partial charge in [-0.05, 0) is 6.92 Å². The number of tetrazole rings is 1. The zero-order valence-electron chi connectivity index (χ0n) is 11.2. The van der Waals surface area contributed by atoms with Gasteiger partial charge in [-0.1, -0.05) is 26.0 Å². The third-order valence-electron chi connectivity index (χ3n) is 2.50. The molecule has 1 atom stereocenters. The highest BCUT2D eigenvalue weighted by Gasteiger charge is 2.22. The molecule has 2 rings (SSSR count). The van der Waals surface area contributed by atoms with Crippen molar-refractivity contribution >= 4 is 5.91 Å². The summed E-state index contributed by atoms with van der Waals surface area (Å²) in [6, 6.07) is -0.372. The minimum atomic E-state index is -0.385.